The van der Waals surface area contributed by atoms with Gasteiger partial charge in [-0.25, -0.2) is 0 Å². The molecule has 0 aliphatic heterocycles. The quantitative estimate of drug-likeness (QED) is 0.385. The second kappa shape index (κ2) is 9.15. The average molecular weight is 421 g/mol. The Bertz CT molecular complexity index is 577. The molecule has 2 aromatic rings. The number of hydrogen-bond acceptors (Lipinski definition) is 1. The third kappa shape index (κ3) is 4.35. The fourth-order valence-electron chi connectivity index (χ4n) is 4.08. The fraction of sp³-hybridized carbons (Fsp3) is 0.619. The van der Waals surface area contributed by atoms with Crippen LogP contribution in [-0.4, -0.2) is 18.4 Å². The number of unbranched alkanes of at least 4 members (excludes halogenated alkanes) is 3. The van der Waals surface area contributed by atoms with Gasteiger partial charge in [0.2, 0.25) is 0 Å². The maximum atomic E-state index is 5.48. The summed E-state index contributed by atoms with van der Waals surface area (Å²) in [4.78, 5) is 0. The van der Waals surface area contributed by atoms with E-state index >= 15 is 0 Å². The summed E-state index contributed by atoms with van der Waals surface area (Å²) >= 11 is -2.32. The Morgan fingerprint density at radius 3 is 1.91 bits per heavy atom. The topological polar surface area (TPSA) is 13.1 Å². The van der Waals surface area contributed by atoms with E-state index in [-0.39, 0.29) is 0 Å². The summed E-state index contributed by atoms with van der Waals surface area (Å²) in [5.74, 6) is 0. The molecule has 0 saturated heterocycles. The molecule has 1 aromatic heterocycles. The van der Waals surface area contributed by atoms with E-state index in [9.17, 15) is 0 Å². The van der Waals surface area contributed by atoms with Crippen LogP contribution in [0.25, 0.3) is 10.8 Å². The molecule has 0 saturated carbocycles. The summed E-state index contributed by atoms with van der Waals surface area (Å²) in [5, 5.41) is 2.63. The average Bonchev–Trinajstić information content (AvgIpc) is 3.05. The van der Waals surface area contributed by atoms with Gasteiger partial charge in [0.1, 0.15) is 0 Å². The van der Waals surface area contributed by atoms with Crippen LogP contribution in [0, 0.1) is 6.92 Å². The van der Waals surface area contributed by atoms with Gasteiger partial charge < -0.3 is 0 Å². The molecule has 128 valence electrons. The van der Waals surface area contributed by atoms with Crippen molar-refractivity contribution in [3.63, 3.8) is 0 Å². The third-order valence-corrected chi connectivity index (χ3v) is 21.6. The minimum atomic E-state index is -2.32. The van der Waals surface area contributed by atoms with Crippen LogP contribution in [0.5, 0.6) is 0 Å². The molecule has 0 spiro atoms. The van der Waals surface area contributed by atoms with Crippen LogP contribution in [0.3, 0.4) is 0 Å². The van der Waals surface area contributed by atoms with Crippen LogP contribution >= 0.6 is 0 Å². The van der Waals surface area contributed by atoms with Gasteiger partial charge in [0.25, 0.3) is 0 Å². The molecule has 0 unspecified atom stereocenters. The van der Waals surface area contributed by atoms with Crippen LogP contribution in [0.1, 0.15) is 64.9 Å². The molecule has 1 heterocycles. The van der Waals surface area contributed by atoms with Gasteiger partial charge in [0.15, 0.2) is 0 Å². The number of hydrogen-bond donors (Lipinski definition) is 0. The normalized spacial score (nSPS) is 12.2. The van der Waals surface area contributed by atoms with Gasteiger partial charge in [-0.15, -0.1) is 0 Å². The molecule has 0 bridgehead atoms. The Kier molecular flexibility index (Phi) is 7.51. The molecule has 0 radical (unpaired) electrons. The van der Waals surface area contributed by atoms with Crippen LogP contribution in [0.15, 0.2) is 29.1 Å². The first kappa shape index (κ1) is 18.9. The van der Waals surface area contributed by atoms with E-state index in [1.165, 1.54) is 68.2 Å². The fourth-order valence-corrected chi connectivity index (χ4v) is 21.3. The molecule has 0 atom stereocenters. The number of fused-ring (bicyclic) bond motifs is 1. The van der Waals surface area contributed by atoms with Crippen molar-refractivity contribution in [1.82, 2.24) is 0 Å². The number of rotatable bonds is 10. The van der Waals surface area contributed by atoms with Crippen molar-refractivity contribution >= 4 is 32.7 Å². The van der Waals surface area contributed by atoms with Crippen LogP contribution < -0.4 is 3.58 Å². The van der Waals surface area contributed by atoms with Crippen molar-refractivity contribution in [2.24, 2.45) is 0 Å². The summed E-state index contributed by atoms with van der Waals surface area (Å²) in [5.41, 5.74) is 1.54. The second-order valence-corrected chi connectivity index (χ2v) is 20.3. The zero-order valence-corrected chi connectivity index (χ0v) is 18.4. The number of furan rings is 1. The predicted octanol–water partition coefficient (Wildman–Crippen LogP) is 6.80. The maximum absolute atomic E-state index is 5.48. The summed E-state index contributed by atoms with van der Waals surface area (Å²) in [6, 6.07) is 4.81. The monoisotopic (exact) mass is 422 g/mol. The van der Waals surface area contributed by atoms with Crippen molar-refractivity contribution in [3.05, 3.63) is 30.2 Å². The van der Waals surface area contributed by atoms with Crippen LogP contribution in [0.2, 0.25) is 13.3 Å². The molecule has 0 fully saturated rings. The molecule has 0 aliphatic rings. The Morgan fingerprint density at radius 2 is 1.39 bits per heavy atom. The third-order valence-electron chi connectivity index (χ3n) is 5.53. The van der Waals surface area contributed by atoms with E-state index < -0.39 is 18.4 Å². The molecule has 1 nitrogen and oxygen atoms in total. The Balaban J connectivity index is 2.47. The minimum absolute atomic E-state index is 1.27. The molecule has 0 amide bonds. The van der Waals surface area contributed by atoms with Gasteiger partial charge >= 0.3 is 147 Å². The van der Waals surface area contributed by atoms with Crippen molar-refractivity contribution in [3.8, 4) is 0 Å². The van der Waals surface area contributed by atoms with Crippen molar-refractivity contribution in [1.29, 1.82) is 0 Å². The molecule has 0 N–H and O–H groups in total. The molecule has 0 aliphatic carbocycles. The van der Waals surface area contributed by atoms with E-state index in [2.05, 4.69) is 39.8 Å². The zero-order chi connectivity index (χ0) is 16.7. The van der Waals surface area contributed by atoms with Gasteiger partial charge in [-0.1, -0.05) is 0 Å². The van der Waals surface area contributed by atoms with E-state index in [0.29, 0.717) is 0 Å². The molecule has 2 rings (SSSR count). The van der Waals surface area contributed by atoms with Crippen molar-refractivity contribution < 1.29 is 4.42 Å². The first-order valence-corrected chi connectivity index (χ1v) is 17.1. The zero-order valence-electron chi connectivity index (χ0n) is 15.6. The van der Waals surface area contributed by atoms with Gasteiger partial charge in [0.05, 0.1) is 0 Å². The van der Waals surface area contributed by atoms with E-state index in [1.54, 1.807) is 3.58 Å². The number of benzene rings is 1. The summed E-state index contributed by atoms with van der Waals surface area (Å²) in [7, 11) is 0. The molecular weight excluding hydrogens is 387 g/mol. The van der Waals surface area contributed by atoms with Crippen molar-refractivity contribution in [2.75, 3.05) is 0 Å². The first-order valence-electron chi connectivity index (χ1n) is 9.64. The Hall–Kier alpha value is -0.441. The summed E-state index contributed by atoms with van der Waals surface area (Å²) in [6.45, 7) is 9.40. The van der Waals surface area contributed by atoms with Gasteiger partial charge in [-0.3, -0.25) is 0 Å². The molecule has 23 heavy (non-hydrogen) atoms. The number of aryl methyl sites for hydroxylation is 1. The molecular formula is C21H34OSn. The summed E-state index contributed by atoms with van der Waals surface area (Å²) in [6.07, 6.45) is 12.1. The van der Waals surface area contributed by atoms with Gasteiger partial charge in [-0.05, 0) is 0 Å². The molecule has 1 aromatic carbocycles. The SMILES string of the molecule is CCC[CH2][Sn]([CH2]CCC)([CH2]CCC)[c]1ccc2cocc2c1C. The summed E-state index contributed by atoms with van der Waals surface area (Å²) < 4.78 is 11.9. The van der Waals surface area contributed by atoms with Gasteiger partial charge in [0, 0.05) is 0 Å². The van der Waals surface area contributed by atoms with Crippen LogP contribution in [-0.2, 0) is 0 Å². The van der Waals surface area contributed by atoms with E-state index in [0.717, 1.165) is 0 Å². The van der Waals surface area contributed by atoms with Crippen molar-refractivity contribution in [2.45, 2.75) is 79.5 Å². The van der Waals surface area contributed by atoms with Crippen LogP contribution in [0.4, 0.5) is 0 Å². The standard InChI is InChI=1S/C9H7O.3C4H9.Sn/c1-7-3-2-4-8-5-10-6-9(7)8;3*1-3-4-2;/h2,4-6H,1H3;3*1,3-4H2,2H3;. The van der Waals surface area contributed by atoms with E-state index in [4.69, 9.17) is 4.42 Å². The first-order chi connectivity index (χ1) is 11.2. The van der Waals surface area contributed by atoms with E-state index in [1.807, 2.05) is 12.5 Å². The Labute approximate surface area is 146 Å². The molecule has 2 heteroatoms. The Morgan fingerprint density at radius 1 is 0.826 bits per heavy atom. The predicted molar refractivity (Wildman–Crippen MR) is 105 cm³/mol. The van der Waals surface area contributed by atoms with Gasteiger partial charge in [-0.2, -0.15) is 0 Å². The second-order valence-electron chi connectivity index (χ2n) is 7.20.